The molecule has 1 aromatic heterocycles. The second-order valence-electron chi connectivity index (χ2n) is 6.45. The summed E-state index contributed by atoms with van der Waals surface area (Å²) >= 11 is 7.29. The summed E-state index contributed by atoms with van der Waals surface area (Å²) in [7, 11) is 0. The summed E-state index contributed by atoms with van der Waals surface area (Å²) in [6.45, 7) is 1.42. The number of fused-ring (bicyclic) bond motifs is 1. The number of nitrogens with one attached hydrogen (secondary N) is 1. The molecule has 2 aromatic rings. The third-order valence-corrected chi connectivity index (χ3v) is 5.95. The lowest BCUT2D eigenvalue weighted by Crippen LogP contribution is -2.34. The molecule has 1 aliphatic heterocycles. The predicted molar refractivity (Wildman–Crippen MR) is 98.2 cm³/mol. The van der Waals surface area contributed by atoms with Crippen LogP contribution >= 0.6 is 22.9 Å². The van der Waals surface area contributed by atoms with Crippen LogP contribution < -0.4 is 5.32 Å². The van der Waals surface area contributed by atoms with Crippen LogP contribution in [-0.4, -0.2) is 34.8 Å². The normalized spacial score (nSPS) is 16.9. The van der Waals surface area contributed by atoms with Gasteiger partial charge in [0.1, 0.15) is 0 Å². The number of anilines is 1. The molecule has 1 saturated carbocycles. The van der Waals surface area contributed by atoms with Crippen molar-refractivity contribution in [2.24, 2.45) is 5.92 Å². The molecule has 7 heteroatoms. The monoisotopic (exact) mass is 375 g/mol. The maximum absolute atomic E-state index is 12.4. The van der Waals surface area contributed by atoms with Crippen molar-refractivity contribution < 1.29 is 9.59 Å². The maximum atomic E-state index is 12.4. The first-order valence-corrected chi connectivity index (χ1v) is 9.64. The molecule has 2 heterocycles. The topological polar surface area (TPSA) is 62.3 Å². The second kappa shape index (κ2) is 6.77. The predicted octanol–water partition coefficient (Wildman–Crippen LogP) is 3.39. The van der Waals surface area contributed by atoms with Gasteiger partial charge < -0.3 is 10.2 Å². The highest BCUT2D eigenvalue weighted by Crippen LogP contribution is 2.32. The Bertz CT molecular complexity index is 789. The molecule has 1 fully saturated rings. The van der Waals surface area contributed by atoms with Gasteiger partial charge >= 0.3 is 0 Å². The number of thiazole rings is 1. The standard InChI is InChI=1S/C18H18ClN3O2S/c19-12-3-5-13(6-4-12)20-16(23)17-21-14-7-9-22(10-8-15(14)25-17)18(24)11-1-2-11/h3-6,11H,1-2,7-10H2,(H,20,23). The van der Waals surface area contributed by atoms with Crippen LogP contribution in [0.1, 0.15) is 33.2 Å². The first kappa shape index (κ1) is 16.5. The molecule has 0 radical (unpaired) electrons. The van der Waals surface area contributed by atoms with Gasteiger partial charge in [0.25, 0.3) is 5.91 Å². The summed E-state index contributed by atoms with van der Waals surface area (Å²) in [6.07, 6.45) is 3.56. The Morgan fingerprint density at radius 3 is 2.60 bits per heavy atom. The number of aromatic nitrogens is 1. The Balaban J connectivity index is 1.42. The number of rotatable bonds is 3. The van der Waals surface area contributed by atoms with Gasteiger partial charge in [0.05, 0.1) is 5.69 Å². The highest BCUT2D eigenvalue weighted by Gasteiger charge is 2.34. The summed E-state index contributed by atoms with van der Waals surface area (Å²) in [6, 6.07) is 7.00. The molecular formula is C18H18ClN3O2S. The van der Waals surface area contributed by atoms with Gasteiger partial charge in [0.15, 0.2) is 5.01 Å². The fourth-order valence-corrected chi connectivity index (χ4v) is 4.10. The Labute approximate surface area is 155 Å². The molecule has 2 amide bonds. The van der Waals surface area contributed by atoms with Crippen LogP contribution in [0, 0.1) is 5.92 Å². The largest absolute Gasteiger partial charge is 0.342 e. The fraction of sp³-hybridized carbons (Fsp3) is 0.389. The van der Waals surface area contributed by atoms with Gasteiger partial charge in [-0.2, -0.15) is 0 Å². The minimum absolute atomic E-state index is 0.202. The number of carbonyl (C=O) groups excluding carboxylic acids is 2. The molecule has 1 aromatic carbocycles. The Hall–Kier alpha value is -1.92. The van der Waals surface area contributed by atoms with E-state index in [4.69, 9.17) is 11.6 Å². The average Bonchev–Trinajstić information content (AvgIpc) is 3.40. The molecule has 0 saturated heterocycles. The first-order chi connectivity index (χ1) is 12.1. The quantitative estimate of drug-likeness (QED) is 0.894. The lowest BCUT2D eigenvalue weighted by Gasteiger charge is -2.19. The van der Waals surface area contributed by atoms with E-state index in [1.54, 1.807) is 24.3 Å². The zero-order valence-electron chi connectivity index (χ0n) is 13.6. The van der Waals surface area contributed by atoms with Crippen molar-refractivity contribution in [3.63, 3.8) is 0 Å². The number of halogens is 1. The van der Waals surface area contributed by atoms with Gasteiger partial charge in [-0.05, 0) is 37.1 Å². The van der Waals surface area contributed by atoms with Crippen molar-refractivity contribution in [1.29, 1.82) is 0 Å². The van der Waals surface area contributed by atoms with Gasteiger partial charge in [0, 0.05) is 47.4 Å². The summed E-state index contributed by atoms with van der Waals surface area (Å²) in [5, 5.41) is 3.95. The highest BCUT2D eigenvalue weighted by molar-refractivity contribution is 7.13. The highest BCUT2D eigenvalue weighted by atomic mass is 35.5. The molecule has 4 rings (SSSR count). The molecule has 25 heavy (non-hydrogen) atoms. The summed E-state index contributed by atoms with van der Waals surface area (Å²) in [4.78, 5) is 32.2. The van der Waals surface area contributed by atoms with Crippen LogP contribution in [0.5, 0.6) is 0 Å². The molecule has 1 aliphatic carbocycles. The number of benzene rings is 1. The smallest absolute Gasteiger partial charge is 0.284 e. The second-order valence-corrected chi connectivity index (χ2v) is 7.97. The van der Waals surface area contributed by atoms with Gasteiger partial charge in [-0.15, -0.1) is 11.3 Å². The number of carbonyl (C=O) groups is 2. The lowest BCUT2D eigenvalue weighted by atomic mass is 10.2. The van der Waals surface area contributed by atoms with Crippen LogP contribution in [0.2, 0.25) is 5.02 Å². The van der Waals surface area contributed by atoms with E-state index in [0.29, 0.717) is 22.3 Å². The summed E-state index contributed by atoms with van der Waals surface area (Å²) in [5.41, 5.74) is 1.65. The van der Waals surface area contributed by atoms with Crippen molar-refractivity contribution in [3.8, 4) is 0 Å². The molecule has 0 bridgehead atoms. The van der Waals surface area contributed by atoms with Crippen molar-refractivity contribution in [3.05, 3.63) is 44.9 Å². The van der Waals surface area contributed by atoms with Gasteiger partial charge in [-0.1, -0.05) is 11.6 Å². The van der Waals surface area contributed by atoms with Crippen LogP contribution in [-0.2, 0) is 17.6 Å². The summed E-state index contributed by atoms with van der Waals surface area (Å²) < 4.78 is 0. The molecule has 5 nitrogen and oxygen atoms in total. The molecule has 0 atom stereocenters. The van der Waals surface area contributed by atoms with E-state index in [1.807, 2.05) is 4.90 Å². The molecule has 0 spiro atoms. The Kier molecular flexibility index (Phi) is 4.48. The number of nitrogens with zero attached hydrogens (tertiary/aromatic N) is 2. The Morgan fingerprint density at radius 2 is 1.88 bits per heavy atom. The van der Waals surface area contributed by atoms with E-state index < -0.39 is 0 Å². The third-order valence-electron chi connectivity index (χ3n) is 4.54. The van der Waals surface area contributed by atoms with E-state index in [0.717, 1.165) is 42.8 Å². The Morgan fingerprint density at radius 1 is 1.16 bits per heavy atom. The molecular weight excluding hydrogens is 358 g/mol. The molecule has 0 unspecified atom stereocenters. The van der Waals surface area contributed by atoms with Gasteiger partial charge in [-0.25, -0.2) is 4.98 Å². The zero-order chi connectivity index (χ0) is 17.4. The maximum Gasteiger partial charge on any atom is 0.284 e. The number of hydrogen-bond acceptors (Lipinski definition) is 4. The van der Waals surface area contributed by atoms with E-state index in [9.17, 15) is 9.59 Å². The summed E-state index contributed by atoms with van der Waals surface area (Å²) in [5.74, 6) is 0.340. The minimum Gasteiger partial charge on any atom is -0.342 e. The van der Waals surface area contributed by atoms with Crippen LogP contribution in [0.3, 0.4) is 0 Å². The van der Waals surface area contributed by atoms with E-state index in [-0.39, 0.29) is 17.7 Å². The van der Waals surface area contributed by atoms with E-state index in [2.05, 4.69) is 10.3 Å². The molecule has 2 aliphatic rings. The van der Waals surface area contributed by atoms with Crippen molar-refractivity contribution in [1.82, 2.24) is 9.88 Å². The molecule has 130 valence electrons. The molecule has 1 N–H and O–H groups in total. The van der Waals surface area contributed by atoms with Gasteiger partial charge in [-0.3, -0.25) is 9.59 Å². The SMILES string of the molecule is O=C(Nc1ccc(Cl)cc1)c1nc2c(s1)CCN(C(=O)C1CC1)CC2. The zero-order valence-corrected chi connectivity index (χ0v) is 15.2. The lowest BCUT2D eigenvalue weighted by molar-refractivity contribution is -0.132. The third kappa shape index (κ3) is 3.70. The first-order valence-electron chi connectivity index (χ1n) is 8.44. The number of amides is 2. The number of hydrogen-bond donors (Lipinski definition) is 1. The van der Waals surface area contributed by atoms with Crippen LogP contribution in [0.4, 0.5) is 5.69 Å². The van der Waals surface area contributed by atoms with E-state index >= 15 is 0 Å². The van der Waals surface area contributed by atoms with Crippen LogP contribution in [0.15, 0.2) is 24.3 Å². The van der Waals surface area contributed by atoms with Crippen molar-refractivity contribution in [2.45, 2.75) is 25.7 Å². The minimum atomic E-state index is -0.202. The van der Waals surface area contributed by atoms with E-state index in [1.165, 1.54) is 11.3 Å². The average molecular weight is 376 g/mol. The van der Waals surface area contributed by atoms with Crippen molar-refractivity contribution in [2.75, 3.05) is 18.4 Å². The van der Waals surface area contributed by atoms with Crippen LogP contribution in [0.25, 0.3) is 0 Å². The van der Waals surface area contributed by atoms with Crippen molar-refractivity contribution >= 4 is 40.4 Å². The van der Waals surface area contributed by atoms with Gasteiger partial charge in [0.2, 0.25) is 5.91 Å². The fourth-order valence-electron chi connectivity index (χ4n) is 2.99.